The molecule has 0 aliphatic heterocycles. The normalized spacial score (nSPS) is 11.9. The lowest BCUT2D eigenvalue weighted by atomic mass is 9.99. The van der Waals surface area contributed by atoms with E-state index in [9.17, 15) is 18.0 Å². The topological polar surface area (TPSA) is 40.9 Å². The van der Waals surface area contributed by atoms with Gasteiger partial charge < -0.3 is 0 Å². The van der Waals surface area contributed by atoms with Crippen molar-refractivity contribution in [1.29, 1.82) is 5.26 Å². The number of Topliss-reactive ketones (excluding diaryl/α,β-unsaturated/α-hetero) is 1. The van der Waals surface area contributed by atoms with E-state index in [1.54, 1.807) is 6.07 Å². The zero-order chi connectivity index (χ0) is 11.6. The van der Waals surface area contributed by atoms with E-state index < -0.39 is 34.7 Å². The predicted molar refractivity (Wildman–Crippen MR) is 45.4 cm³/mol. The summed E-state index contributed by atoms with van der Waals surface area (Å²) in [6.45, 7) is 1.21. The molecule has 1 rings (SSSR count). The molecule has 0 saturated carbocycles. The Morgan fingerprint density at radius 2 is 1.80 bits per heavy atom. The number of carbonyl (C=O) groups excluding carboxylic acids is 1. The van der Waals surface area contributed by atoms with Crippen molar-refractivity contribution >= 4 is 5.78 Å². The van der Waals surface area contributed by atoms with Gasteiger partial charge in [-0.1, -0.05) is 0 Å². The minimum atomic E-state index is -1.29. The maximum Gasteiger partial charge on any atom is 0.185 e. The highest BCUT2D eigenvalue weighted by Crippen LogP contribution is 2.18. The Labute approximate surface area is 83.9 Å². The Kier molecular flexibility index (Phi) is 3.10. The van der Waals surface area contributed by atoms with E-state index in [1.807, 2.05) is 0 Å². The maximum atomic E-state index is 13.0. The number of carbonyl (C=O) groups is 1. The second-order valence-electron chi connectivity index (χ2n) is 2.96. The van der Waals surface area contributed by atoms with Gasteiger partial charge in [-0.05, 0) is 6.92 Å². The van der Waals surface area contributed by atoms with Crippen LogP contribution >= 0.6 is 0 Å². The van der Waals surface area contributed by atoms with Gasteiger partial charge in [-0.15, -0.1) is 0 Å². The van der Waals surface area contributed by atoms with Crippen LogP contribution in [-0.2, 0) is 0 Å². The second-order valence-corrected chi connectivity index (χ2v) is 2.96. The van der Waals surface area contributed by atoms with Crippen LogP contribution in [0.15, 0.2) is 12.1 Å². The van der Waals surface area contributed by atoms with Crippen LogP contribution in [0.25, 0.3) is 0 Å². The van der Waals surface area contributed by atoms with Gasteiger partial charge in [0.2, 0.25) is 0 Å². The van der Waals surface area contributed by atoms with Crippen LogP contribution in [0.3, 0.4) is 0 Å². The third-order valence-corrected chi connectivity index (χ3v) is 1.84. The molecule has 0 spiro atoms. The zero-order valence-corrected chi connectivity index (χ0v) is 7.72. The molecule has 0 heterocycles. The first-order valence-corrected chi connectivity index (χ1v) is 4.05. The van der Waals surface area contributed by atoms with Gasteiger partial charge in [-0.2, -0.15) is 5.26 Å². The molecule has 0 fully saturated rings. The van der Waals surface area contributed by atoms with Gasteiger partial charge in [0.05, 0.1) is 11.6 Å². The van der Waals surface area contributed by atoms with Crippen molar-refractivity contribution < 1.29 is 18.0 Å². The summed E-state index contributed by atoms with van der Waals surface area (Å²) in [5, 5.41) is 8.41. The smallest absolute Gasteiger partial charge is 0.185 e. The van der Waals surface area contributed by atoms with E-state index in [0.717, 1.165) is 0 Å². The van der Waals surface area contributed by atoms with Gasteiger partial charge in [-0.3, -0.25) is 4.79 Å². The first-order chi connectivity index (χ1) is 6.97. The second kappa shape index (κ2) is 4.13. The third-order valence-electron chi connectivity index (χ3n) is 1.84. The molecule has 1 aromatic rings. The highest BCUT2D eigenvalue weighted by molar-refractivity contribution is 5.99. The summed E-state index contributed by atoms with van der Waals surface area (Å²) in [5.41, 5.74) is -0.870. The van der Waals surface area contributed by atoms with Crippen molar-refractivity contribution in [3.05, 3.63) is 35.1 Å². The molecule has 2 nitrogen and oxygen atoms in total. The molecule has 1 aromatic carbocycles. The average molecular weight is 213 g/mol. The van der Waals surface area contributed by atoms with Crippen LogP contribution in [0.5, 0.6) is 0 Å². The fourth-order valence-corrected chi connectivity index (χ4v) is 1.05. The van der Waals surface area contributed by atoms with Crippen LogP contribution in [-0.4, -0.2) is 5.78 Å². The Morgan fingerprint density at radius 1 is 1.33 bits per heavy atom. The molecule has 0 aliphatic rings. The minimum Gasteiger partial charge on any atom is -0.292 e. The van der Waals surface area contributed by atoms with Crippen LogP contribution in [0.1, 0.15) is 17.3 Å². The summed E-state index contributed by atoms with van der Waals surface area (Å²) in [6, 6.07) is 2.36. The maximum absolute atomic E-state index is 13.0. The summed E-state index contributed by atoms with van der Waals surface area (Å²) in [4.78, 5) is 11.3. The fraction of sp³-hybridized carbons (Fsp3) is 0.200. The van der Waals surface area contributed by atoms with Crippen LogP contribution < -0.4 is 0 Å². The molecular weight excluding hydrogens is 207 g/mol. The number of hydrogen-bond acceptors (Lipinski definition) is 2. The molecule has 0 radical (unpaired) electrons. The van der Waals surface area contributed by atoms with E-state index in [0.29, 0.717) is 12.1 Å². The molecule has 0 aromatic heterocycles. The number of ketones is 1. The molecule has 0 N–H and O–H groups in total. The van der Waals surface area contributed by atoms with Crippen molar-refractivity contribution in [3.8, 4) is 6.07 Å². The lowest BCUT2D eigenvalue weighted by Crippen LogP contribution is -2.13. The Morgan fingerprint density at radius 3 is 2.20 bits per heavy atom. The molecule has 1 unspecified atom stereocenters. The molecule has 0 aliphatic carbocycles. The van der Waals surface area contributed by atoms with E-state index >= 15 is 0 Å². The fourth-order valence-electron chi connectivity index (χ4n) is 1.05. The van der Waals surface area contributed by atoms with Crippen LogP contribution in [0.4, 0.5) is 13.2 Å². The largest absolute Gasteiger partial charge is 0.292 e. The molecule has 78 valence electrons. The molecule has 5 heteroatoms. The lowest BCUT2D eigenvalue weighted by Gasteiger charge is -2.05. The number of halogens is 3. The molecule has 1 atom stereocenters. The van der Waals surface area contributed by atoms with Crippen molar-refractivity contribution in [2.24, 2.45) is 5.92 Å². The Bertz CT molecular complexity index is 427. The van der Waals surface area contributed by atoms with Gasteiger partial charge in [0, 0.05) is 12.1 Å². The summed E-state index contributed by atoms with van der Waals surface area (Å²) >= 11 is 0. The molecular formula is C10H6F3NO. The van der Waals surface area contributed by atoms with Crippen molar-refractivity contribution in [2.45, 2.75) is 6.92 Å². The number of hydrogen-bond donors (Lipinski definition) is 0. The van der Waals surface area contributed by atoms with Gasteiger partial charge in [-0.25, -0.2) is 13.2 Å². The van der Waals surface area contributed by atoms with Crippen molar-refractivity contribution in [2.75, 3.05) is 0 Å². The molecule has 0 saturated heterocycles. The lowest BCUT2D eigenvalue weighted by molar-refractivity contribution is 0.0948. The van der Waals surface area contributed by atoms with E-state index in [2.05, 4.69) is 0 Å². The Balaban J connectivity index is 3.27. The van der Waals surface area contributed by atoms with E-state index in [1.165, 1.54) is 6.92 Å². The van der Waals surface area contributed by atoms with Crippen molar-refractivity contribution in [3.63, 3.8) is 0 Å². The predicted octanol–water partition coefficient (Wildman–Crippen LogP) is 2.45. The van der Waals surface area contributed by atoms with Crippen LogP contribution in [0.2, 0.25) is 0 Å². The van der Waals surface area contributed by atoms with E-state index in [4.69, 9.17) is 5.26 Å². The highest BCUT2D eigenvalue weighted by Gasteiger charge is 2.23. The highest BCUT2D eigenvalue weighted by atomic mass is 19.1. The third kappa shape index (κ3) is 2.15. The minimum absolute atomic E-state index is 0.403. The van der Waals surface area contributed by atoms with Crippen LogP contribution in [0, 0.1) is 34.7 Å². The summed E-state index contributed by atoms with van der Waals surface area (Å²) in [6.07, 6.45) is 0. The summed E-state index contributed by atoms with van der Waals surface area (Å²) < 4.78 is 38.6. The number of nitrogens with zero attached hydrogens (tertiary/aromatic N) is 1. The standard InChI is InChI=1S/C10H6F3NO/c1-5(4-14)10(15)9-7(12)2-6(11)3-8(9)13/h2-3,5H,1H3. The number of rotatable bonds is 2. The van der Waals surface area contributed by atoms with Gasteiger partial charge in [0.25, 0.3) is 0 Å². The summed E-state index contributed by atoms with van der Waals surface area (Å²) in [5.74, 6) is -5.85. The average Bonchev–Trinajstić information content (AvgIpc) is 2.14. The van der Waals surface area contributed by atoms with Gasteiger partial charge >= 0.3 is 0 Å². The van der Waals surface area contributed by atoms with E-state index in [-0.39, 0.29) is 0 Å². The molecule has 0 bridgehead atoms. The molecule has 15 heavy (non-hydrogen) atoms. The monoisotopic (exact) mass is 213 g/mol. The zero-order valence-electron chi connectivity index (χ0n) is 7.72. The number of nitriles is 1. The van der Waals surface area contributed by atoms with Gasteiger partial charge in [0.15, 0.2) is 5.78 Å². The van der Waals surface area contributed by atoms with Crippen molar-refractivity contribution in [1.82, 2.24) is 0 Å². The summed E-state index contributed by atoms with van der Waals surface area (Å²) in [7, 11) is 0. The number of benzene rings is 1. The SMILES string of the molecule is CC(C#N)C(=O)c1c(F)cc(F)cc1F. The van der Waals surface area contributed by atoms with Gasteiger partial charge in [0.1, 0.15) is 23.4 Å². The Hall–Kier alpha value is -1.83. The first kappa shape index (κ1) is 11.2. The first-order valence-electron chi connectivity index (χ1n) is 4.05. The molecule has 0 amide bonds. The quantitative estimate of drug-likeness (QED) is 0.708.